The molecule has 1 aromatic carbocycles. The number of hydrogen-bond acceptors (Lipinski definition) is 3. The van der Waals surface area contributed by atoms with Crippen molar-refractivity contribution in [1.29, 1.82) is 0 Å². The van der Waals surface area contributed by atoms with Crippen molar-refractivity contribution in [1.82, 2.24) is 4.72 Å². The largest absolute Gasteiger partial charge is 0.481 e. The molecule has 0 aliphatic rings. The number of benzene rings is 1. The fraction of sp³-hybridized carbons (Fsp3) is 0.417. The molecule has 106 valence electrons. The van der Waals surface area contributed by atoms with Crippen molar-refractivity contribution in [2.75, 3.05) is 0 Å². The minimum absolute atomic E-state index is 0.323. The Morgan fingerprint density at radius 3 is 2.32 bits per heavy atom. The van der Waals surface area contributed by atoms with Gasteiger partial charge in [0.2, 0.25) is 10.0 Å². The molecular weight excluding hydrogens is 273 g/mol. The third kappa shape index (κ3) is 5.80. The molecule has 0 fully saturated rings. The molecule has 0 saturated carbocycles. The monoisotopic (exact) mass is 289 g/mol. The molecule has 0 atom stereocenters. The second-order valence-corrected chi connectivity index (χ2v) is 6.66. The van der Waals surface area contributed by atoms with Gasteiger partial charge in [-0.15, -0.1) is 0 Å². The number of carbonyl (C=O) groups is 1. The van der Waals surface area contributed by atoms with Crippen molar-refractivity contribution in [3.8, 4) is 0 Å². The summed E-state index contributed by atoms with van der Waals surface area (Å²) in [5.74, 6) is -1.86. The highest BCUT2D eigenvalue weighted by atomic mass is 32.2. The molecule has 0 saturated heterocycles. The molecule has 0 unspecified atom stereocenters. The average Bonchev–Trinajstić information content (AvgIpc) is 2.17. The van der Waals surface area contributed by atoms with E-state index in [9.17, 15) is 17.6 Å². The Labute approximate surface area is 111 Å². The summed E-state index contributed by atoms with van der Waals surface area (Å²) in [6, 6.07) is 5.10. The summed E-state index contributed by atoms with van der Waals surface area (Å²) in [5, 5.41) is 8.69. The number of sulfonamides is 1. The normalized spacial score (nSPS) is 12.4. The van der Waals surface area contributed by atoms with E-state index < -0.39 is 27.3 Å². The van der Waals surface area contributed by atoms with Crippen molar-refractivity contribution < 1.29 is 22.7 Å². The molecule has 0 spiro atoms. The van der Waals surface area contributed by atoms with Crippen LogP contribution >= 0.6 is 0 Å². The van der Waals surface area contributed by atoms with Crippen LogP contribution in [0.4, 0.5) is 4.39 Å². The van der Waals surface area contributed by atoms with Crippen molar-refractivity contribution in [2.24, 2.45) is 0 Å². The van der Waals surface area contributed by atoms with Gasteiger partial charge in [0.05, 0.1) is 12.2 Å². The molecule has 0 aliphatic carbocycles. The Bertz CT molecular complexity index is 552. The molecule has 0 amide bonds. The maximum Gasteiger partial charge on any atom is 0.305 e. The molecule has 5 nitrogen and oxygen atoms in total. The van der Waals surface area contributed by atoms with Gasteiger partial charge in [-0.05, 0) is 31.5 Å². The smallest absolute Gasteiger partial charge is 0.305 e. The van der Waals surface area contributed by atoms with E-state index >= 15 is 0 Å². The standard InChI is InChI=1S/C12H16FNO4S/c1-12(2,7-11(15)16)14-19(17,18)8-9-3-5-10(13)6-4-9/h3-6,14H,7-8H2,1-2H3,(H,15,16). The van der Waals surface area contributed by atoms with Crippen molar-refractivity contribution in [2.45, 2.75) is 31.6 Å². The van der Waals surface area contributed by atoms with E-state index in [1.165, 1.54) is 38.1 Å². The van der Waals surface area contributed by atoms with Gasteiger partial charge in [0.1, 0.15) is 5.82 Å². The number of halogens is 1. The van der Waals surface area contributed by atoms with Crippen LogP contribution in [-0.4, -0.2) is 25.0 Å². The summed E-state index contributed by atoms with van der Waals surface area (Å²) in [7, 11) is -3.69. The Balaban J connectivity index is 2.76. The first-order chi connectivity index (χ1) is 8.60. The van der Waals surface area contributed by atoms with Crippen LogP contribution in [-0.2, 0) is 20.6 Å². The van der Waals surface area contributed by atoms with Gasteiger partial charge in [-0.1, -0.05) is 12.1 Å². The maximum absolute atomic E-state index is 12.7. The van der Waals surface area contributed by atoms with Gasteiger partial charge < -0.3 is 5.11 Å². The quantitative estimate of drug-likeness (QED) is 0.831. The molecule has 7 heteroatoms. The minimum atomic E-state index is -3.69. The number of aliphatic carboxylic acids is 1. The Morgan fingerprint density at radius 2 is 1.84 bits per heavy atom. The highest BCUT2D eigenvalue weighted by Gasteiger charge is 2.27. The third-order valence-corrected chi connectivity index (χ3v) is 3.87. The van der Waals surface area contributed by atoms with Gasteiger partial charge in [0, 0.05) is 5.54 Å². The number of nitrogens with one attached hydrogen (secondary N) is 1. The third-order valence-electron chi connectivity index (χ3n) is 2.29. The molecule has 2 N–H and O–H groups in total. The highest BCUT2D eigenvalue weighted by Crippen LogP contribution is 2.13. The van der Waals surface area contributed by atoms with E-state index in [-0.39, 0.29) is 12.2 Å². The summed E-state index contributed by atoms with van der Waals surface area (Å²) in [4.78, 5) is 10.6. The molecule has 1 rings (SSSR count). The Morgan fingerprint density at radius 1 is 1.32 bits per heavy atom. The first-order valence-electron chi connectivity index (χ1n) is 5.57. The van der Waals surface area contributed by atoms with Crippen LogP contribution in [0, 0.1) is 5.82 Å². The van der Waals surface area contributed by atoms with Gasteiger partial charge in [-0.25, -0.2) is 17.5 Å². The second kappa shape index (κ2) is 5.66. The summed E-state index contributed by atoms with van der Waals surface area (Å²) in [6.45, 7) is 2.98. The zero-order valence-corrected chi connectivity index (χ0v) is 11.5. The van der Waals surface area contributed by atoms with E-state index in [1.807, 2.05) is 0 Å². The first kappa shape index (κ1) is 15.6. The fourth-order valence-electron chi connectivity index (χ4n) is 1.67. The van der Waals surface area contributed by atoms with Gasteiger partial charge in [0.25, 0.3) is 0 Å². The molecule has 0 heterocycles. The lowest BCUT2D eigenvalue weighted by molar-refractivity contribution is -0.138. The van der Waals surface area contributed by atoms with E-state index in [2.05, 4.69) is 4.72 Å². The maximum atomic E-state index is 12.7. The summed E-state index contributed by atoms with van der Waals surface area (Å²) in [5.41, 5.74) is -0.648. The van der Waals surface area contributed by atoms with Crippen LogP contribution in [0.15, 0.2) is 24.3 Å². The van der Waals surface area contributed by atoms with E-state index in [1.54, 1.807) is 0 Å². The molecule has 0 bridgehead atoms. The van der Waals surface area contributed by atoms with E-state index in [0.29, 0.717) is 5.56 Å². The van der Waals surface area contributed by atoms with Gasteiger partial charge in [0.15, 0.2) is 0 Å². The Kier molecular flexibility index (Phi) is 4.65. The van der Waals surface area contributed by atoms with Crippen molar-refractivity contribution in [3.05, 3.63) is 35.6 Å². The van der Waals surface area contributed by atoms with Crippen LogP contribution in [0.2, 0.25) is 0 Å². The van der Waals surface area contributed by atoms with E-state index in [0.717, 1.165) is 0 Å². The molecular formula is C12H16FNO4S. The Hall–Kier alpha value is -1.47. The number of carboxylic acids is 1. The summed E-state index contributed by atoms with van der Waals surface area (Å²) >= 11 is 0. The zero-order chi connectivity index (χ0) is 14.7. The summed E-state index contributed by atoms with van der Waals surface area (Å²) < 4.78 is 38.8. The van der Waals surface area contributed by atoms with Crippen molar-refractivity contribution in [3.63, 3.8) is 0 Å². The fourth-order valence-corrected chi connectivity index (χ4v) is 3.29. The lowest BCUT2D eigenvalue weighted by Crippen LogP contribution is -2.45. The van der Waals surface area contributed by atoms with Gasteiger partial charge in [-0.2, -0.15) is 0 Å². The first-order valence-corrected chi connectivity index (χ1v) is 7.23. The van der Waals surface area contributed by atoms with E-state index in [4.69, 9.17) is 5.11 Å². The molecule has 19 heavy (non-hydrogen) atoms. The molecule has 1 aromatic rings. The van der Waals surface area contributed by atoms with Gasteiger partial charge in [-0.3, -0.25) is 4.79 Å². The van der Waals surface area contributed by atoms with Crippen LogP contribution in [0.5, 0.6) is 0 Å². The molecule has 0 radical (unpaired) electrons. The number of carboxylic acid groups (broad SMARTS) is 1. The van der Waals surface area contributed by atoms with Crippen LogP contribution in [0.25, 0.3) is 0 Å². The molecule has 0 aromatic heterocycles. The number of hydrogen-bond donors (Lipinski definition) is 2. The average molecular weight is 289 g/mol. The summed E-state index contributed by atoms with van der Waals surface area (Å²) in [6.07, 6.45) is -0.324. The van der Waals surface area contributed by atoms with Crippen molar-refractivity contribution >= 4 is 16.0 Å². The minimum Gasteiger partial charge on any atom is -0.481 e. The topological polar surface area (TPSA) is 83.5 Å². The highest BCUT2D eigenvalue weighted by molar-refractivity contribution is 7.88. The lowest BCUT2D eigenvalue weighted by atomic mass is 10.0. The zero-order valence-electron chi connectivity index (χ0n) is 10.7. The molecule has 0 aliphatic heterocycles. The van der Waals surface area contributed by atoms with Crippen LogP contribution in [0.1, 0.15) is 25.8 Å². The van der Waals surface area contributed by atoms with Crippen LogP contribution < -0.4 is 4.72 Å². The predicted molar refractivity (Wildman–Crippen MR) is 68.5 cm³/mol. The second-order valence-electron chi connectivity index (χ2n) is 4.94. The predicted octanol–water partition coefficient (Wildman–Crippen LogP) is 1.50. The number of rotatable bonds is 6. The lowest BCUT2D eigenvalue weighted by Gasteiger charge is -2.23. The van der Waals surface area contributed by atoms with Gasteiger partial charge >= 0.3 is 5.97 Å². The SMILES string of the molecule is CC(C)(CC(=O)O)NS(=O)(=O)Cc1ccc(F)cc1. The van der Waals surface area contributed by atoms with Crippen LogP contribution in [0.3, 0.4) is 0 Å².